The van der Waals surface area contributed by atoms with Gasteiger partial charge in [0.25, 0.3) is 17.8 Å². The lowest BCUT2D eigenvalue weighted by atomic mass is 10.1. The van der Waals surface area contributed by atoms with Crippen LogP contribution in [-0.4, -0.2) is 72.4 Å². The number of aromatic amines is 1. The van der Waals surface area contributed by atoms with E-state index in [0.29, 0.717) is 22.7 Å². The van der Waals surface area contributed by atoms with E-state index >= 15 is 0 Å². The van der Waals surface area contributed by atoms with Gasteiger partial charge >= 0.3 is 0 Å². The minimum atomic E-state index is -0.474. The number of hydrogen-bond acceptors (Lipinski definition) is 9. The molecule has 2 aromatic heterocycles. The van der Waals surface area contributed by atoms with E-state index in [-0.39, 0.29) is 24.2 Å². The van der Waals surface area contributed by atoms with E-state index in [1.54, 1.807) is 24.5 Å². The van der Waals surface area contributed by atoms with Crippen LogP contribution in [0.15, 0.2) is 30.6 Å². The van der Waals surface area contributed by atoms with Crippen LogP contribution in [0.1, 0.15) is 33.0 Å². The third-order valence-corrected chi connectivity index (χ3v) is 6.07. The Hall–Kier alpha value is -4.19. The number of pyridine rings is 1. The van der Waals surface area contributed by atoms with Crippen molar-refractivity contribution < 1.29 is 19.1 Å². The number of nitrogens with zero attached hydrogens (tertiary/aromatic N) is 5. The zero-order chi connectivity index (χ0) is 24.4. The van der Waals surface area contributed by atoms with Crippen LogP contribution >= 0.6 is 0 Å². The Balaban J connectivity index is 1.33. The van der Waals surface area contributed by atoms with Crippen molar-refractivity contribution >= 4 is 29.1 Å². The van der Waals surface area contributed by atoms with Gasteiger partial charge in [-0.2, -0.15) is 4.98 Å². The summed E-state index contributed by atoms with van der Waals surface area (Å²) >= 11 is 0. The molecule has 0 radical (unpaired) electrons. The number of aromatic nitrogens is 4. The molecule has 0 aliphatic carbocycles. The minimum absolute atomic E-state index is 0.00810. The highest BCUT2D eigenvalue weighted by molar-refractivity contribution is 6.10. The minimum Gasteiger partial charge on any atom is -0.493 e. The van der Waals surface area contributed by atoms with Crippen LogP contribution in [0.3, 0.4) is 0 Å². The molecule has 4 heterocycles. The molecule has 1 fully saturated rings. The van der Waals surface area contributed by atoms with Gasteiger partial charge in [-0.15, -0.1) is 5.10 Å². The fourth-order valence-corrected chi connectivity index (χ4v) is 4.30. The van der Waals surface area contributed by atoms with E-state index in [0.717, 1.165) is 43.9 Å². The second-order valence-electron chi connectivity index (χ2n) is 8.18. The van der Waals surface area contributed by atoms with Crippen molar-refractivity contribution in [1.82, 2.24) is 25.5 Å². The molecule has 12 heteroatoms. The molecule has 1 aromatic carbocycles. The van der Waals surface area contributed by atoms with Crippen molar-refractivity contribution in [1.29, 1.82) is 0 Å². The summed E-state index contributed by atoms with van der Waals surface area (Å²) in [4.78, 5) is 38.0. The smallest absolute Gasteiger partial charge is 0.293 e. The summed E-state index contributed by atoms with van der Waals surface area (Å²) in [5.41, 5.74) is 2.71. The van der Waals surface area contributed by atoms with E-state index in [4.69, 9.17) is 9.47 Å². The summed E-state index contributed by atoms with van der Waals surface area (Å²) in [7, 11) is 3.05. The number of fused-ring (bicyclic) bond motifs is 1. The Morgan fingerprint density at radius 3 is 2.80 bits per heavy atom. The van der Waals surface area contributed by atoms with Crippen molar-refractivity contribution in [3.63, 3.8) is 0 Å². The third-order valence-electron chi connectivity index (χ3n) is 6.07. The summed E-state index contributed by atoms with van der Waals surface area (Å²) in [6.45, 7) is 3.78. The Bertz CT molecular complexity index is 1250. The number of carbonyl (C=O) groups excluding carboxylic acids is 2. The number of methoxy groups -OCH3 is 2. The standard InChI is InChI=1S/C23H26N8O4/c1-34-18-10-14-13-31(22(33)15(14)11-19(18)35-2)23-27-20(28-29-23)21(32)26-16-12-25-6-4-17(16)30-8-3-5-24-7-9-30/h4,6,10-12,24H,3,5,7-9,13H2,1-2H3,(H,26,32)(H,27,28,29). The molecular weight excluding hydrogens is 452 g/mol. The van der Waals surface area contributed by atoms with E-state index in [1.807, 2.05) is 6.07 Å². The van der Waals surface area contributed by atoms with Gasteiger partial charge in [-0.1, -0.05) is 0 Å². The first kappa shape index (κ1) is 22.6. The molecular formula is C23H26N8O4. The molecule has 0 unspecified atom stereocenters. The zero-order valence-electron chi connectivity index (χ0n) is 19.5. The number of carbonyl (C=O) groups is 2. The van der Waals surface area contributed by atoms with Gasteiger partial charge in [0, 0.05) is 31.4 Å². The second-order valence-corrected chi connectivity index (χ2v) is 8.18. The van der Waals surface area contributed by atoms with Gasteiger partial charge in [0.2, 0.25) is 5.82 Å². The lowest BCUT2D eigenvalue weighted by Crippen LogP contribution is -2.29. The SMILES string of the molecule is COc1cc2c(cc1OC)C(=O)N(c1n[nH]c(C(=O)Nc3cnccc3N3CCCNCC3)n1)C2. The second kappa shape index (κ2) is 9.58. The summed E-state index contributed by atoms with van der Waals surface area (Å²) < 4.78 is 10.6. The van der Waals surface area contributed by atoms with Crippen molar-refractivity contribution in [2.45, 2.75) is 13.0 Å². The van der Waals surface area contributed by atoms with Gasteiger partial charge in [0.1, 0.15) is 0 Å². The number of amides is 2. The lowest BCUT2D eigenvalue weighted by molar-refractivity contribution is 0.0990. The quantitative estimate of drug-likeness (QED) is 0.480. The monoisotopic (exact) mass is 478 g/mol. The molecule has 182 valence electrons. The molecule has 5 rings (SSSR count). The topological polar surface area (TPSA) is 138 Å². The first-order valence-corrected chi connectivity index (χ1v) is 11.3. The van der Waals surface area contributed by atoms with E-state index in [2.05, 4.69) is 35.7 Å². The predicted octanol–water partition coefficient (Wildman–Crippen LogP) is 1.43. The van der Waals surface area contributed by atoms with Crippen LogP contribution in [0.5, 0.6) is 11.5 Å². The molecule has 2 aliphatic rings. The number of anilines is 3. The van der Waals surface area contributed by atoms with Crippen molar-refractivity contribution in [2.75, 3.05) is 55.5 Å². The average Bonchev–Trinajstić information content (AvgIpc) is 3.38. The van der Waals surface area contributed by atoms with Crippen LogP contribution in [0.25, 0.3) is 0 Å². The van der Waals surface area contributed by atoms with Gasteiger partial charge in [-0.3, -0.25) is 24.6 Å². The Kier molecular flexibility index (Phi) is 6.19. The highest BCUT2D eigenvalue weighted by atomic mass is 16.5. The first-order valence-electron chi connectivity index (χ1n) is 11.3. The molecule has 12 nitrogen and oxygen atoms in total. The van der Waals surface area contributed by atoms with Gasteiger partial charge in [0.15, 0.2) is 11.5 Å². The molecule has 2 aliphatic heterocycles. The molecule has 1 saturated heterocycles. The third kappa shape index (κ3) is 4.35. The highest BCUT2D eigenvalue weighted by Gasteiger charge is 2.33. The predicted molar refractivity (Wildman–Crippen MR) is 128 cm³/mol. The maximum atomic E-state index is 13.0. The van der Waals surface area contributed by atoms with Crippen molar-refractivity contribution in [3.05, 3.63) is 47.5 Å². The molecule has 3 aromatic rings. The Morgan fingerprint density at radius 2 is 1.97 bits per heavy atom. The molecule has 0 bridgehead atoms. The molecule has 0 saturated carbocycles. The molecule has 3 N–H and O–H groups in total. The van der Waals surface area contributed by atoms with Gasteiger partial charge in [-0.25, -0.2) is 0 Å². The van der Waals surface area contributed by atoms with Crippen LogP contribution < -0.4 is 29.9 Å². The van der Waals surface area contributed by atoms with E-state index < -0.39 is 5.91 Å². The van der Waals surface area contributed by atoms with Gasteiger partial charge < -0.3 is 25.0 Å². The number of H-pyrrole nitrogens is 1. The number of benzene rings is 1. The molecule has 35 heavy (non-hydrogen) atoms. The van der Waals surface area contributed by atoms with Crippen molar-refractivity contribution in [2.24, 2.45) is 0 Å². The van der Waals surface area contributed by atoms with Crippen molar-refractivity contribution in [3.8, 4) is 11.5 Å². The summed E-state index contributed by atoms with van der Waals surface area (Å²) in [5, 5.41) is 13.0. The largest absolute Gasteiger partial charge is 0.493 e. The fraction of sp³-hybridized carbons (Fsp3) is 0.348. The highest BCUT2D eigenvalue weighted by Crippen LogP contribution is 2.36. The Morgan fingerprint density at radius 1 is 1.14 bits per heavy atom. The molecule has 0 atom stereocenters. The van der Waals surface area contributed by atoms with Gasteiger partial charge in [0.05, 0.1) is 38.3 Å². The molecule has 2 amide bonds. The number of nitrogens with one attached hydrogen (secondary N) is 3. The zero-order valence-corrected chi connectivity index (χ0v) is 19.5. The van der Waals surface area contributed by atoms with Crippen LogP contribution in [0, 0.1) is 0 Å². The van der Waals surface area contributed by atoms with Gasteiger partial charge in [-0.05, 0) is 36.7 Å². The average molecular weight is 479 g/mol. The first-order chi connectivity index (χ1) is 17.1. The summed E-state index contributed by atoms with van der Waals surface area (Å²) in [5.74, 6) is 0.340. The Labute approximate surface area is 201 Å². The van der Waals surface area contributed by atoms with Crippen LogP contribution in [0.4, 0.5) is 17.3 Å². The number of hydrogen-bond donors (Lipinski definition) is 3. The van der Waals surface area contributed by atoms with E-state index in [1.165, 1.54) is 19.1 Å². The van der Waals surface area contributed by atoms with Crippen LogP contribution in [0.2, 0.25) is 0 Å². The number of rotatable bonds is 6. The fourth-order valence-electron chi connectivity index (χ4n) is 4.30. The lowest BCUT2D eigenvalue weighted by Gasteiger charge is -2.24. The maximum Gasteiger partial charge on any atom is 0.293 e. The maximum absolute atomic E-state index is 13.0. The molecule has 0 spiro atoms. The summed E-state index contributed by atoms with van der Waals surface area (Å²) in [6.07, 6.45) is 4.33. The van der Waals surface area contributed by atoms with Crippen LogP contribution in [-0.2, 0) is 6.54 Å². The number of ether oxygens (including phenoxy) is 2. The summed E-state index contributed by atoms with van der Waals surface area (Å²) in [6, 6.07) is 5.28. The normalized spacial score (nSPS) is 15.5. The van der Waals surface area contributed by atoms with E-state index in [9.17, 15) is 9.59 Å².